The number of pyridine rings is 2. The second-order valence-corrected chi connectivity index (χ2v) is 11.7. The molecule has 1 N–H and O–H groups in total. The van der Waals surface area contributed by atoms with Gasteiger partial charge in [-0.15, -0.1) is 5.10 Å². The van der Waals surface area contributed by atoms with E-state index in [1.807, 2.05) is 39.9 Å². The molecule has 0 saturated heterocycles. The van der Waals surface area contributed by atoms with Crippen molar-refractivity contribution in [3.63, 3.8) is 0 Å². The topological polar surface area (TPSA) is 131 Å². The summed E-state index contributed by atoms with van der Waals surface area (Å²) in [6.45, 7) is 9.63. The number of carbonyl (C=O) groups excluding carboxylic acids is 2. The molecule has 230 valence electrons. The molecule has 0 unspecified atom stereocenters. The Kier molecular flexibility index (Phi) is 7.48. The summed E-state index contributed by atoms with van der Waals surface area (Å²) in [5.41, 5.74) is 9.20. The van der Waals surface area contributed by atoms with Gasteiger partial charge in [0.05, 0.1) is 36.9 Å². The van der Waals surface area contributed by atoms with Crippen molar-refractivity contribution in [3.8, 4) is 11.1 Å². The fraction of sp³-hybridized carbons (Fsp3) is 0.364. The van der Waals surface area contributed by atoms with Crippen molar-refractivity contribution in [2.45, 2.75) is 66.2 Å². The van der Waals surface area contributed by atoms with E-state index in [0.29, 0.717) is 50.5 Å². The maximum Gasteiger partial charge on any atom is 0.271 e. The fourth-order valence-corrected chi connectivity index (χ4v) is 6.41. The van der Waals surface area contributed by atoms with Crippen LogP contribution >= 0.6 is 0 Å². The second kappa shape index (κ2) is 11.8. The highest BCUT2D eigenvalue weighted by atomic mass is 16.2. The first-order valence-electron chi connectivity index (χ1n) is 15.6. The summed E-state index contributed by atoms with van der Waals surface area (Å²) < 4.78 is 3.63. The Morgan fingerprint density at radius 2 is 1.91 bits per heavy atom. The zero-order chi connectivity index (χ0) is 31.1. The lowest BCUT2D eigenvalue weighted by Gasteiger charge is -2.27. The molecule has 2 aliphatic heterocycles. The average molecular weight is 605 g/mol. The number of amides is 2. The van der Waals surface area contributed by atoms with E-state index >= 15 is 0 Å². The van der Waals surface area contributed by atoms with Crippen LogP contribution in [0.15, 0.2) is 49.1 Å². The summed E-state index contributed by atoms with van der Waals surface area (Å²) in [7, 11) is 0. The highest BCUT2D eigenvalue weighted by Crippen LogP contribution is 2.35. The van der Waals surface area contributed by atoms with Crippen LogP contribution in [0.1, 0.15) is 65.4 Å². The van der Waals surface area contributed by atoms with Crippen molar-refractivity contribution < 1.29 is 9.59 Å². The molecule has 0 saturated carbocycles. The Balaban J connectivity index is 1.23. The smallest absolute Gasteiger partial charge is 0.271 e. The molecular formula is C33H36N10O2. The molecule has 0 aromatic carbocycles. The van der Waals surface area contributed by atoms with Crippen LogP contribution in [0.3, 0.4) is 0 Å². The molecule has 0 spiro atoms. The molecule has 5 aromatic rings. The second-order valence-electron chi connectivity index (χ2n) is 11.7. The molecule has 2 amide bonds. The molecule has 7 rings (SSSR count). The molecule has 0 aliphatic carbocycles. The van der Waals surface area contributed by atoms with Gasteiger partial charge in [0.1, 0.15) is 11.3 Å². The highest BCUT2D eigenvalue weighted by molar-refractivity contribution is 6.03. The average Bonchev–Trinajstić information content (AvgIpc) is 3.87. The highest BCUT2D eigenvalue weighted by Gasteiger charge is 2.29. The number of hydrogen-bond acceptors (Lipinski definition) is 7. The number of aryl methyl sites for hydroxylation is 4. The van der Waals surface area contributed by atoms with Crippen LogP contribution in [0.4, 0.5) is 0 Å². The minimum Gasteiger partial charge on any atom is -0.338 e. The van der Waals surface area contributed by atoms with Gasteiger partial charge >= 0.3 is 0 Å². The van der Waals surface area contributed by atoms with E-state index in [-0.39, 0.29) is 11.8 Å². The van der Waals surface area contributed by atoms with Gasteiger partial charge in [-0.1, -0.05) is 18.2 Å². The van der Waals surface area contributed by atoms with Gasteiger partial charge in [-0.25, -0.2) is 4.98 Å². The summed E-state index contributed by atoms with van der Waals surface area (Å²) in [6.07, 6.45) is 11.3. The van der Waals surface area contributed by atoms with Crippen molar-refractivity contribution in [2.24, 2.45) is 0 Å². The number of H-pyrrole nitrogens is 1. The number of aromatic amines is 1. The number of carbonyl (C=O) groups is 2. The number of nitrogens with one attached hydrogen (secondary N) is 1. The lowest BCUT2D eigenvalue weighted by molar-refractivity contribution is -0.131. The van der Waals surface area contributed by atoms with E-state index in [2.05, 4.69) is 57.4 Å². The third kappa shape index (κ3) is 5.41. The van der Waals surface area contributed by atoms with E-state index in [4.69, 9.17) is 4.98 Å². The van der Waals surface area contributed by atoms with Crippen LogP contribution in [0.5, 0.6) is 0 Å². The maximum absolute atomic E-state index is 13.8. The molecule has 0 bridgehead atoms. The number of hydrogen-bond donors (Lipinski definition) is 1. The number of aromatic nitrogens is 8. The van der Waals surface area contributed by atoms with E-state index in [1.54, 1.807) is 17.1 Å². The van der Waals surface area contributed by atoms with Crippen LogP contribution < -0.4 is 0 Å². The van der Waals surface area contributed by atoms with Crippen molar-refractivity contribution in [1.29, 1.82) is 0 Å². The monoisotopic (exact) mass is 604 g/mol. The number of rotatable bonds is 8. The van der Waals surface area contributed by atoms with Crippen molar-refractivity contribution in [1.82, 2.24) is 49.5 Å². The molecule has 0 fully saturated rings. The summed E-state index contributed by atoms with van der Waals surface area (Å²) >= 11 is 0. The molecule has 0 radical (unpaired) electrons. The third-order valence-electron chi connectivity index (χ3n) is 8.81. The lowest BCUT2D eigenvalue weighted by atomic mass is 9.95. The fourth-order valence-electron chi connectivity index (χ4n) is 6.41. The minimum absolute atomic E-state index is 0.0685. The van der Waals surface area contributed by atoms with Crippen LogP contribution in [0.2, 0.25) is 0 Å². The Bertz CT molecular complexity index is 1930. The van der Waals surface area contributed by atoms with Gasteiger partial charge in [-0.3, -0.25) is 23.9 Å². The lowest BCUT2D eigenvalue weighted by Crippen LogP contribution is -2.36. The predicted octanol–water partition coefficient (Wildman–Crippen LogP) is 4.17. The quantitative estimate of drug-likeness (QED) is 0.281. The molecule has 7 heterocycles. The van der Waals surface area contributed by atoms with Gasteiger partial charge in [0.15, 0.2) is 0 Å². The van der Waals surface area contributed by atoms with Crippen LogP contribution in [-0.2, 0) is 37.4 Å². The van der Waals surface area contributed by atoms with E-state index in [9.17, 15) is 9.59 Å². The van der Waals surface area contributed by atoms with Gasteiger partial charge in [0, 0.05) is 67.2 Å². The van der Waals surface area contributed by atoms with Gasteiger partial charge in [0.25, 0.3) is 5.91 Å². The molecule has 12 nitrogen and oxygen atoms in total. The number of fused-ring (bicyclic) bond motifs is 2. The third-order valence-corrected chi connectivity index (χ3v) is 8.81. The first-order valence-corrected chi connectivity index (χ1v) is 15.6. The Hall–Kier alpha value is -5.13. The molecule has 5 aromatic heterocycles. The van der Waals surface area contributed by atoms with Crippen molar-refractivity contribution in [3.05, 3.63) is 83.0 Å². The standard InChI is InChI=1S/C33H36N10O2/c1-4-22-13-21(3)34-17-27(22)25-14-28(23-7-6-10-40(18-23)31(44)8-11-42-12-9-35-39-42)37-32-26(25)15-29(38-32)33(45)41-19-24-16-36-43(5-2)30(24)20-41/h7,9,12-17H,4-6,8,10-11,18-20H2,1-3H3,(H,37,38). The largest absolute Gasteiger partial charge is 0.338 e. The number of nitrogens with zero attached hydrogens (tertiary/aromatic N) is 9. The summed E-state index contributed by atoms with van der Waals surface area (Å²) in [6, 6.07) is 6.13. The minimum atomic E-state index is -0.0712. The maximum atomic E-state index is 13.8. The SMILES string of the molecule is CCc1cc(C)ncc1-c1cc(C2=CCCN(C(=O)CCn3ccnn3)C2)nc2[nH]c(C(=O)N3Cc4cnn(CC)c4C3)cc12. The summed E-state index contributed by atoms with van der Waals surface area (Å²) in [5.74, 6) is -0.00269. The summed E-state index contributed by atoms with van der Waals surface area (Å²) in [5, 5.41) is 13.1. The zero-order valence-electron chi connectivity index (χ0n) is 25.8. The van der Waals surface area contributed by atoms with Crippen LogP contribution in [-0.4, -0.2) is 74.4 Å². The molecular weight excluding hydrogens is 568 g/mol. The van der Waals surface area contributed by atoms with Gasteiger partial charge in [0.2, 0.25) is 5.91 Å². The van der Waals surface area contributed by atoms with Crippen molar-refractivity contribution >= 4 is 28.4 Å². The van der Waals surface area contributed by atoms with Crippen LogP contribution in [0, 0.1) is 6.92 Å². The zero-order valence-corrected chi connectivity index (χ0v) is 25.8. The molecule has 45 heavy (non-hydrogen) atoms. The van der Waals surface area contributed by atoms with Gasteiger partial charge in [-0.05, 0) is 61.6 Å². The van der Waals surface area contributed by atoms with Crippen molar-refractivity contribution in [2.75, 3.05) is 13.1 Å². The normalized spacial score (nSPS) is 14.7. The molecule has 2 aliphatic rings. The van der Waals surface area contributed by atoms with Gasteiger partial charge < -0.3 is 14.8 Å². The van der Waals surface area contributed by atoms with E-state index in [1.165, 1.54) is 5.56 Å². The molecule has 0 atom stereocenters. The Morgan fingerprint density at radius 3 is 2.71 bits per heavy atom. The van der Waals surface area contributed by atoms with Crippen LogP contribution in [0.25, 0.3) is 27.7 Å². The Morgan fingerprint density at radius 1 is 1.02 bits per heavy atom. The van der Waals surface area contributed by atoms with Gasteiger partial charge in [-0.2, -0.15) is 5.10 Å². The first kappa shape index (κ1) is 28.6. The van der Waals surface area contributed by atoms with E-state index < -0.39 is 0 Å². The Labute approximate surface area is 260 Å². The summed E-state index contributed by atoms with van der Waals surface area (Å²) in [4.78, 5) is 43.7. The predicted molar refractivity (Wildman–Crippen MR) is 169 cm³/mol. The first-order chi connectivity index (χ1) is 21.9. The molecule has 12 heteroatoms. The van der Waals surface area contributed by atoms with E-state index in [0.717, 1.165) is 64.1 Å².